The number of hydrogen-bond donors (Lipinski definition) is 1. The van der Waals surface area contributed by atoms with E-state index in [0.717, 1.165) is 64.4 Å². The summed E-state index contributed by atoms with van der Waals surface area (Å²) >= 11 is 0. The average molecular weight is 614 g/mol. The largest absolute Gasteiger partial charge is 0.494 e. The molecule has 2 amide bonds. The van der Waals surface area contributed by atoms with E-state index in [1.54, 1.807) is 7.11 Å². The van der Waals surface area contributed by atoms with Crippen molar-refractivity contribution in [3.05, 3.63) is 71.3 Å². The van der Waals surface area contributed by atoms with Gasteiger partial charge in [-0.2, -0.15) is 0 Å². The van der Waals surface area contributed by atoms with Crippen molar-refractivity contribution < 1.29 is 14.3 Å². The van der Waals surface area contributed by atoms with Crippen LogP contribution >= 0.6 is 0 Å². The summed E-state index contributed by atoms with van der Waals surface area (Å²) < 4.78 is 10.5. The molecule has 3 fully saturated rings. The molecule has 1 saturated heterocycles. The predicted molar refractivity (Wildman–Crippen MR) is 179 cm³/mol. The normalized spacial score (nSPS) is 22.1. The van der Waals surface area contributed by atoms with Crippen molar-refractivity contribution in [2.75, 3.05) is 20.2 Å². The highest BCUT2D eigenvalue weighted by molar-refractivity contribution is 6.01. The maximum Gasteiger partial charge on any atom is 0.254 e. The second kappa shape index (κ2) is 10.2. The smallest absolute Gasteiger partial charge is 0.254 e. The highest BCUT2D eigenvalue weighted by atomic mass is 16.5. The Labute approximate surface area is 268 Å². The molecule has 9 rings (SSSR count). The molecule has 2 bridgehead atoms. The number of carbonyl (C=O) groups is 2. The number of rotatable bonds is 6. The van der Waals surface area contributed by atoms with Gasteiger partial charge in [-0.3, -0.25) is 9.59 Å². The van der Waals surface area contributed by atoms with Gasteiger partial charge in [0.05, 0.1) is 18.3 Å². The van der Waals surface area contributed by atoms with Crippen molar-refractivity contribution in [2.45, 2.75) is 45.7 Å². The summed E-state index contributed by atoms with van der Waals surface area (Å²) in [5, 5.41) is 4.10. The molecule has 3 atom stereocenters. The molecule has 8 heteroatoms. The maximum absolute atomic E-state index is 13.8. The first-order valence-corrected chi connectivity index (χ1v) is 16.7. The molecule has 2 aliphatic heterocycles. The van der Waals surface area contributed by atoms with Crippen LogP contribution in [0.5, 0.6) is 5.75 Å². The Morgan fingerprint density at radius 3 is 2.65 bits per heavy atom. The Balaban J connectivity index is 1.13. The molecule has 4 aliphatic rings. The minimum Gasteiger partial charge on any atom is -0.494 e. The third-order valence-electron chi connectivity index (χ3n) is 11.2. The second-order valence-electron chi connectivity index (χ2n) is 14.2. The van der Waals surface area contributed by atoms with Crippen LogP contribution in [0.25, 0.3) is 44.6 Å². The number of methoxy groups -OCH3 is 1. The maximum atomic E-state index is 13.8. The van der Waals surface area contributed by atoms with Crippen molar-refractivity contribution >= 4 is 33.8 Å². The van der Waals surface area contributed by atoms with Crippen molar-refractivity contribution in [3.63, 3.8) is 0 Å². The number of likely N-dealkylation sites (tertiary alicyclic amines) is 1. The summed E-state index contributed by atoms with van der Waals surface area (Å²) in [4.78, 5) is 33.2. The van der Waals surface area contributed by atoms with Crippen LogP contribution in [0.15, 0.2) is 54.6 Å². The van der Waals surface area contributed by atoms with Gasteiger partial charge in [0.1, 0.15) is 11.3 Å². The summed E-state index contributed by atoms with van der Waals surface area (Å²) in [6.07, 6.45) is 4.95. The van der Waals surface area contributed by atoms with Crippen LogP contribution < -0.4 is 10.1 Å². The number of carbonyl (C=O) groups excluding carboxylic acids is 2. The minimum absolute atomic E-state index is 0.00329. The zero-order valence-corrected chi connectivity index (χ0v) is 26.7. The summed E-state index contributed by atoms with van der Waals surface area (Å²) in [6.45, 7) is 5.53. The van der Waals surface area contributed by atoms with Gasteiger partial charge in [0, 0.05) is 55.3 Å². The average Bonchev–Trinajstić information content (AvgIpc) is 3.48. The van der Waals surface area contributed by atoms with Crippen molar-refractivity contribution in [2.24, 2.45) is 30.7 Å². The molecule has 1 N–H and O–H groups in total. The molecule has 0 radical (unpaired) electrons. The minimum atomic E-state index is 0.00329. The lowest BCUT2D eigenvalue weighted by Crippen LogP contribution is -2.41. The van der Waals surface area contributed by atoms with Crippen LogP contribution in [0.1, 0.15) is 58.9 Å². The monoisotopic (exact) mass is 613 g/mol. The fourth-order valence-electron chi connectivity index (χ4n) is 8.50. The van der Waals surface area contributed by atoms with E-state index in [4.69, 9.17) is 9.72 Å². The molecule has 0 spiro atoms. The van der Waals surface area contributed by atoms with E-state index in [9.17, 15) is 9.59 Å². The lowest BCUT2D eigenvalue weighted by molar-refractivity contribution is 0.0653. The van der Waals surface area contributed by atoms with Gasteiger partial charge in [0.15, 0.2) is 5.82 Å². The number of nitrogens with zero attached hydrogens (tertiary/aromatic N) is 4. The van der Waals surface area contributed by atoms with Gasteiger partial charge in [0.25, 0.3) is 11.8 Å². The van der Waals surface area contributed by atoms with Gasteiger partial charge >= 0.3 is 0 Å². The molecular weight excluding hydrogens is 574 g/mol. The van der Waals surface area contributed by atoms with E-state index in [0.29, 0.717) is 41.5 Å². The van der Waals surface area contributed by atoms with Crippen LogP contribution in [-0.2, 0) is 20.1 Å². The number of ether oxygens (including phenoxy) is 1. The van der Waals surface area contributed by atoms with Crippen LogP contribution in [-0.4, -0.2) is 51.0 Å². The molecular formula is C38H39N5O3. The van der Waals surface area contributed by atoms with Crippen molar-refractivity contribution in [1.29, 1.82) is 0 Å². The predicted octanol–water partition coefficient (Wildman–Crippen LogP) is 6.64. The highest BCUT2D eigenvalue weighted by Gasteiger charge is 2.39. The Morgan fingerprint density at radius 1 is 1.02 bits per heavy atom. The fourth-order valence-corrected chi connectivity index (χ4v) is 8.50. The number of piperidine rings is 1. The van der Waals surface area contributed by atoms with Gasteiger partial charge in [-0.05, 0) is 102 Å². The fraction of sp³-hybridized carbons (Fsp3) is 0.395. The van der Waals surface area contributed by atoms with E-state index < -0.39 is 0 Å². The number of aromatic nitrogens is 3. The molecule has 234 valence electrons. The van der Waals surface area contributed by atoms with Gasteiger partial charge in [-0.25, -0.2) is 4.98 Å². The van der Waals surface area contributed by atoms with E-state index in [2.05, 4.69) is 56.6 Å². The van der Waals surface area contributed by atoms with E-state index in [1.807, 2.05) is 31.3 Å². The first kappa shape index (κ1) is 27.7. The molecule has 2 aliphatic carbocycles. The number of hydrogen-bond acceptors (Lipinski definition) is 4. The summed E-state index contributed by atoms with van der Waals surface area (Å²) in [5.41, 5.74) is 8.62. The molecule has 5 aromatic rings. The third kappa shape index (κ3) is 4.37. The number of benzene rings is 3. The van der Waals surface area contributed by atoms with Gasteiger partial charge in [-0.15, -0.1) is 0 Å². The van der Waals surface area contributed by atoms with Gasteiger partial charge in [-0.1, -0.05) is 25.1 Å². The lowest BCUT2D eigenvalue weighted by Gasteiger charge is -2.32. The Hall–Kier alpha value is -4.59. The lowest BCUT2D eigenvalue weighted by atomic mass is 9.95. The van der Waals surface area contributed by atoms with Gasteiger partial charge in [0.2, 0.25) is 0 Å². The Kier molecular flexibility index (Phi) is 6.15. The van der Waals surface area contributed by atoms with E-state index >= 15 is 0 Å². The number of nitrogens with one attached hydrogen (secondary N) is 1. The van der Waals surface area contributed by atoms with Crippen LogP contribution in [0.3, 0.4) is 0 Å². The first-order valence-electron chi connectivity index (χ1n) is 16.7. The Morgan fingerprint density at radius 2 is 1.85 bits per heavy atom. The molecule has 8 nitrogen and oxygen atoms in total. The molecule has 4 heterocycles. The number of fused-ring (bicyclic) bond motifs is 5. The van der Waals surface area contributed by atoms with E-state index in [-0.39, 0.29) is 11.8 Å². The quantitative estimate of drug-likeness (QED) is 0.233. The molecule has 2 aromatic heterocycles. The van der Waals surface area contributed by atoms with Crippen LogP contribution in [0.4, 0.5) is 0 Å². The van der Waals surface area contributed by atoms with Gasteiger partial charge < -0.3 is 24.1 Å². The number of aryl methyl sites for hydroxylation is 1. The van der Waals surface area contributed by atoms with Crippen LogP contribution in [0, 0.1) is 23.7 Å². The first-order chi connectivity index (χ1) is 22.3. The zero-order chi connectivity index (χ0) is 31.3. The SMILES string of the molecule is COc1cc(C(=O)N2CC3CC(C2)[C@@H](C)C3)cc2nc(-c3cc4ccc(-c5ccc6c(c5)CNC6=O)cc4n3CC3CC3)n(C)c12. The molecule has 2 saturated carbocycles. The Bertz CT molecular complexity index is 2080. The van der Waals surface area contributed by atoms with Crippen LogP contribution in [0.2, 0.25) is 0 Å². The number of imidazole rings is 1. The zero-order valence-electron chi connectivity index (χ0n) is 26.7. The summed E-state index contributed by atoms with van der Waals surface area (Å²) in [6, 6.07) is 18.9. The van der Waals surface area contributed by atoms with Crippen molar-refractivity contribution in [1.82, 2.24) is 24.3 Å². The topological polar surface area (TPSA) is 81.4 Å². The molecule has 46 heavy (non-hydrogen) atoms. The molecule has 2 unspecified atom stereocenters. The molecule has 3 aromatic carbocycles. The standard InChI is InChI=1S/C38H39N5O3/c1-21-10-23-11-29(21)20-42(18-23)38(45)27-13-31-35(34(16-27)46-3)41(2)36(40-31)33-15-26-7-6-25(14-32(26)43(33)19-22-4-5-22)24-8-9-30-28(12-24)17-39-37(30)44/h6-9,12-16,21-23,29H,4-5,10-11,17-20H2,1-3H3,(H,39,44)/t21-,23?,29?/m0/s1. The summed E-state index contributed by atoms with van der Waals surface area (Å²) in [5.74, 6) is 4.19. The van der Waals surface area contributed by atoms with E-state index in [1.165, 1.54) is 36.6 Å². The highest BCUT2D eigenvalue weighted by Crippen LogP contribution is 2.42. The second-order valence-corrected chi connectivity index (χ2v) is 14.2. The number of amides is 2. The summed E-state index contributed by atoms with van der Waals surface area (Å²) in [7, 11) is 3.72. The van der Waals surface area contributed by atoms with Crippen molar-refractivity contribution in [3.8, 4) is 28.4 Å². The third-order valence-corrected chi connectivity index (χ3v) is 11.2.